The summed E-state index contributed by atoms with van der Waals surface area (Å²) >= 11 is 11.8. The highest BCUT2D eigenvalue weighted by molar-refractivity contribution is 6.34. The number of rotatable bonds is 3. The van der Waals surface area contributed by atoms with Crippen LogP contribution in [0.5, 0.6) is 11.5 Å². The van der Waals surface area contributed by atoms with Gasteiger partial charge in [0, 0.05) is 11.1 Å². The number of carboxylic acid groups (broad SMARTS) is 1. The van der Waals surface area contributed by atoms with E-state index in [0.717, 1.165) is 0 Å². The van der Waals surface area contributed by atoms with Crippen LogP contribution in [-0.4, -0.2) is 11.1 Å². The Balaban J connectivity index is 2.40. The van der Waals surface area contributed by atoms with Crippen LogP contribution >= 0.6 is 23.2 Å². The Bertz CT molecular complexity index is 597. The van der Waals surface area contributed by atoms with Crippen LogP contribution in [0, 0.1) is 0 Å². The Morgan fingerprint density at radius 2 is 1.78 bits per heavy atom. The minimum absolute atomic E-state index is 0.0635. The van der Waals surface area contributed by atoms with Crippen molar-refractivity contribution < 1.29 is 14.6 Å². The van der Waals surface area contributed by atoms with Crippen molar-refractivity contribution in [3.05, 3.63) is 58.1 Å². The van der Waals surface area contributed by atoms with Crippen molar-refractivity contribution in [1.82, 2.24) is 0 Å². The Hall–Kier alpha value is -1.71. The first-order chi connectivity index (χ1) is 8.58. The van der Waals surface area contributed by atoms with E-state index in [9.17, 15) is 4.79 Å². The van der Waals surface area contributed by atoms with Gasteiger partial charge >= 0.3 is 5.97 Å². The first-order valence-electron chi connectivity index (χ1n) is 5.03. The predicted molar refractivity (Wildman–Crippen MR) is 69.9 cm³/mol. The smallest absolute Gasteiger partial charge is 0.339 e. The number of ether oxygens (including phenoxy) is 1. The lowest BCUT2D eigenvalue weighted by atomic mass is 10.2. The monoisotopic (exact) mass is 282 g/mol. The quantitative estimate of drug-likeness (QED) is 0.903. The lowest BCUT2D eigenvalue weighted by Crippen LogP contribution is -1.99. The molecule has 0 fully saturated rings. The maximum atomic E-state index is 11.0. The summed E-state index contributed by atoms with van der Waals surface area (Å²) in [6.45, 7) is 0. The fourth-order valence-electron chi connectivity index (χ4n) is 1.41. The number of aromatic carboxylic acids is 1. The third kappa shape index (κ3) is 2.75. The number of halogens is 2. The largest absolute Gasteiger partial charge is 0.478 e. The summed E-state index contributed by atoms with van der Waals surface area (Å²) in [5.74, 6) is -0.532. The molecule has 0 aliphatic heterocycles. The Morgan fingerprint density at radius 1 is 1.06 bits per heavy atom. The van der Waals surface area contributed by atoms with Crippen molar-refractivity contribution in [3.63, 3.8) is 0 Å². The lowest BCUT2D eigenvalue weighted by Gasteiger charge is -2.10. The van der Waals surface area contributed by atoms with Crippen molar-refractivity contribution in [3.8, 4) is 11.5 Å². The van der Waals surface area contributed by atoms with E-state index in [1.54, 1.807) is 30.3 Å². The highest BCUT2D eigenvalue weighted by Gasteiger charge is 2.12. The van der Waals surface area contributed by atoms with E-state index in [1.165, 1.54) is 12.1 Å². The molecule has 2 aromatic rings. The van der Waals surface area contributed by atoms with Gasteiger partial charge in [-0.2, -0.15) is 0 Å². The van der Waals surface area contributed by atoms with E-state index >= 15 is 0 Å². The molecular weight excluding hydrogens is 275 g/mol. The molecule has 18 heavy (non-hydrogen) atoms. The van der Waals surface area contributed by atoms with Gasteiger partial charge in [-0.25, -0.2) is 4.79 Å². The summed E-state index contributed by atoms with van der Waals surface area (Å²) in [5, 5.41) is 9.85. The molecule has 0 aromatic heterocycles. The molecule has 0 spiro atoms. The summed E-state index contributed by atoms with van der Waals surface area (Å²) < 4.78 is 5.49. The molecule has 2 aromatic carbocycles. The minimum atomic E-state index is -1.07. The minimum Gasteiger partial charge on any atom is -0.478 e. The van der Waals surface area contributed by atoms with Gasteiger partial charge in [0.1, 0.15) is 17.1 Å². The van der Waals surface area contributed by atoms with Gasteiger partial charge in [0.2, 0.25) is 0 Å². The van der Waals surface area contributed by atoms with E-state index in [2.05, 4.69) is 0 Å². The number of benzene rings is 2. The van der Waals surface area contributed by atoms with E-state index in [1.807, 2.05) is 0 Å². The van der Waals surface area contributed by atoms with Crippen molar-refractivity contribution in [2.45, 2.75) is 0 Å². The fraction of sp³-hybridized carbons (Fsp3) is 0. The first kappa shape index (κ1) is 12.7. The van der Waals surface area contributed by atoms with Gasteiger partial charge < -0.3 is 9.84 Å². The number of carboxylic acids is 1. The van der Waals surface area contributed by atoms with Crippen molar-refractivity contribution in [2.75, 3.05) is 0 Å². The molecule has 0 aliphatic carbocycles. The molecule has 5 heteroatoms. The SMILES string of the molecule is O=C(O)c1ccccc1Oc1cc(Cl)ccc1Cl. The van der Waals surface area contributed by atoms with E-state index in [-0.39, 0.29) is 11.3 Å². The zero-order valence-corrected chi connectivity index (χ0v) is 10.6. The Kier molecular flexibility index (Phi) is 3.75. The molecule has 0 amide bonds. The molecule has 92 valence electrons. The lowest BCUT2D eigenvalue weighted by molar-refractivity contribution is 0.0694. The molecule has 0 atom stereocenters. The van der Waals surface area contributed by atoms with Gasteiger partial charge in [0.05, 0.1) is 5.02 Å². The van der Waals surface area contributed by atoms with Crippen LogP contribution in [0.2, 0.25) is 10.0 Å². The number of para-hydroxylation sites is 1. The summed E-state index contributed by atoms with van der Waals surface area (Å²) in [7, 11) is 0. The third-order valence-corrected chi connectivity index (χ3v) is 2.78. The van der Waals surface area contributed by atoms with Gasteiger partial charge in [-0.05, 0) is 24.3 Å². The topological polar surface area (TPSA) is 46.5 Å². The molecule has 0 bridgehead atoms. The van der Waals surface area contributed by atoms with Crippen LogP contribution in [0.1, 0.15) is 10.4 Å². The molecule has 0 radical (unpaired) electrons. The Labute approximate surface area is 114 Å². The van der Waals surface area contributed by atoms with E-state index in [4.69, 9.17) is 33.0 Å². The molecule has 2 rings (SSSR count). The second-order valence-electron chi connectivity index (χ2n) is 3.48. The first-order valence-corrected chi connectivity index (χ1v) is 5.79. The molecule has 0 heterocycles. The van der Waals surface area contributed by atoms with Crippen LogP contribution in [0.4, 0.5) is 0 Å². The van der Waals surface area contributed by atoms with Gasteiger partial charge in [-0.3, -0.25) is 0 Å². The zero-order valence-electron chi connectivity index (χ0n) is 9.06. The molecule has 0 saturated heterocycles. The molecule has 0 unspecified atom stereocenters. The summed E-state index contributed by atoms with van der Waals surface area (Å²) in [6, 6.07) is 11.1. The number of hydrogen-bond acceptors (Lipinski definition) is 2. The van der Waals surface area contributed by atoms with E-state index < -0.39 is 5.97 Å². The Morgan fingerprint density at radius 3 is 2.50 bits per heavy atom. The second-order valence-corrected chi connectivity index (χ2v) is 4.32. The summed E-state index contributed by atoms with van der Waals surface area (Å²) in [5.41, 5.74) is 0.0635. The van der Waals surface area contributed by atoms with Crippen molar-refractivity contribution in [1.29, 1.82) is 0 Å². The van der Waals surface area contributed by atoms with Crippen LogP contribution in [0.15, 0.2) is 42.5 Å². The highest BCUT2D eigenvalue weighted by atomic mass is 35.5. The zero-order chi connectivity index (χ0) is 13.1. The van der Waals surface area contributed by atoms with Crippen LogP contribution in [-0.2, 0) is 0 Å². The average molecular weight is 283 g/mol. The maximum Gasteiger partial charge on any atom is 0.339 e. The van der Waals surface area contributed by atoms with Gasteiger partial charge in [0.15, 0.2) is 0 Å². The molecule has 0 saturated carbocycles. The predicted octanol–water partition coefficient (Wildman–Crippen LogP) is 4.48. The normalized spacial score (nSPS) is 10.1. The van der Waals surface area contributed by atoms with Crippen LogP contribution in [0.3, 0.4) is 0 Å². The molecule has 1 N–H and O–H groups in total. The van der Waals surface area contributed by atoms with Crippen molar-refractivity contribution in [2.24, 2.45) is 0 Å². The third-order valence-electron chi connectivity index (χ3n) is 2.23. The standard InChI is InChI=1S/C13H8Cl2O3/c14-8-5-6-10(15)12(7-8)18-11-4-2-1-3-9(11)13(16)17/h1-7H,(H,16,17). The number of carbonyl (C=O) groups is 1. The average Bonchev–Trinajstić information content (AvgIpc) is 2.34. The fourth-order valence-corrected chi connectivity index (χ4v) is 1.72. The highest BCUT2D eigenvalue weighted by Crippen LogP contribution is 2.33. The second kappa shape index (κ2) is 5.29. The number of hydrogen-bond donors (Lipinski definition) is 1. The summed E-state index contributed by atoms with van der Waals surface area (Å²) in [4.78, 5) is 11.0. The van der Waals surface area contributed by atoms with Crippen LogP contribution < -0.4 is 4.74 Å². The van der Waals surface area contributed by atoms with E-state index in [0.29, 0.717) is 15.8 Å². The van der Waals surface area contributed by atoms with Gasteiger partial charge in [-0.1, -0.05) is 35.3 Å². The molecule has 0 aliphatic rings. The molecular formula is C13H8Cl2O3. The summed E-state index contributed by atoms with van der Waals surface area (Å²) in [6.07, 6.45) is 0. The van der Waals surface area contributed by atoms with Gasteiger partial charge in [0.25, 0.3) is 0 Å². The maximum absolute atomic E-state index is 11.0. The van der Waals surface area contributed by atoms with Crippen LogP contribution in [0.25, 0.3) is 0 Å². The van der Waals surface area contributed by atoms with Gasteiger partial charge in [-0.15, -0.1) is 0 Å². The van der Waals surface area contributed by atoms with Crippen molar-refractivity contribution >= 4 is 29.2 Å². The molecule has 3 nitrogen and oxygen atoms in total.